The molecule has 0 aliphatic carbocycles. The molecule has 0 bridgehead atoms. The van der Waals surface area contributed by atoms with Crippen molar-refractivity contribution in [2.24, 2.45) is 5.73 Å². The number of rotatable bonds is 5. The summed E-state index contributed by atoms with van der Waals surface area (Å²) < 4.78 is 5.29. The zero-order valence-corrected chi connectivity index (χ0v) is 10.6. The topological polar surface area (TPSA) is 47.3 Å². The predicted molar refractivity (Wildman–Crippen MR) is 67.9 cm³/mol. The molecule has 3 nitrogen and oxygen atoms in total. The SMILES string of the molecule is CNCCC(N)c1ccc(OC)c(C)c1C. The smallest absolute Gasteiger partial charge is 0.122 e. The first-order chi connectivity index (χ1) is 7.61. The Morgan fingerprint density at radius 2 is 2.00 bits per heavy atom. The summed E-state index contributed by atoms with van der Waals surface area (Å²) >= 11 is 0. The molecule has 0 aromatic heterocycles. The molecule has 1 aromatic rings. The molecular formula is C13H22N2O. The second kappa shape index (κ2) is 5.87. The van der Waals surface area contributed by atoms with Gasteiger partial charge in [-0.2, -0.15) is 0 Å². The van der Waals surface area contributed by atoms with E-state index in [1.54, 1.807) is 7.11 Å². The third-order valence-corrected chi connectivity index (χ3v) is 3.10. The van der Waals surface area contributed by atoms with Crippen LogP contribution in [0.3, 0.4) is 0 Å². The van der Waals surface area contributed by atoms with E-state index in [0.29, 0.717) is 0 Å². The Labute approximate surface area is 98.0 Å². The molecule has 0 saturated carbocycles. The van der Waals surface area contributed by atoms with Crippen LogP contribution in [0.1, 0.15) is 29.2 Å². The van der Waals surface area contributed by atoms with E-state index in [2.05, 4.69) is 25.2 Å². The van der Waals surface area contributed by atoms with Gasteiger partial charge < -0.3 is 15.8 Å². The normalized spacial score (nSPS) is 12.6. The monoisotopic (exact) mass is 222 g/mol. The third-order valence-electron chi connectivity index (χ3n) is 3.10. The lowest BCUT2D eigenvalue weighted by Gasteiger charge is -2.18. The van der Waals surface area contributed by atoms with Gasteiger partial charge in [0.25, 0.3) is 0 Å². The lowest BCUT2D eigenvalue weighted by molar-refractivity contribution is 0.411. The van der Waals surface area contributed by atoms with Gasteiger partial charge in [-0.05, 0) is 56.6 Å². The Morgan fingerprint density at radius 3 is 2.56 bits per heavy atom. The van der Waals surface area contributed by atoms with Gasteiger partial charge in [0.15, 0.2) is 0 Å². The maximum absolute atomic E-state index is 6.16. The van der Waals surface area contributed by atoms with Crippen LogP contribution in [0.15, 0.2) is 12.1 Å². The molecule has 0 amide bonds. The van der Waals surface area contributed by atoms with E-state index in [0.717, 1.165) is 18.7 Å². The van der Waals surface area contributed by atoms with Crippen LogP contribution in [0.5, 0.6) is 5.75 Å². The summed E-state index contributed by atoms with van der Waals surface area (Å²) in [5.74, 6) is 0.932. The molecule has 1 aromatic carbocycles. The average molecular weight is 222 g/mol. The Kier molecular flexibility index (Phi) is 4.77. The molecule has 3 N–H and O–H groups in total. The Hall–Kier alpha value is -1.06. The molecule has 0 aliphatic rings. The quantitative estimate of drug-likeness (QED) is 0.800. The first kappa shape index (κ1) is 13.0. The van der Waals surface area contributed by atoms with E-state index >= 15 is 0 Å². The van der Waals surface area contributed by atoms with Crippen LogP contribution in [0.4, 0.5) is 0 Å². The van der Waals surface area contributed by atoms with Crippen LogP contribution < -0.4 is 15.8 Å². The van der Waals surface area contributed by atoms with Crippen molar-refractivity contribution in [2.75, 3.05) is 20.7 Å². The van der Waals surface area contributed by atoms with Crippen molar-refractivity contribution in [1.29, 1.82) is 0 Å². The minimum absolute atomic E-state index is 0.0945. The molecule has 3 heteroatoms. The van der Waals surface area contributed by atoms with Crippen molar-refractivity contribution in [3.8, 4) is 5.75 Å². The summed E-state index contributed by atoms with van der Waals surface area (Å²) in [7, 11) is 3.64. The van der Waals surface area contributed by atoms with Crippen molar-refractivity contribution in [3.05, 3.63) is 28.8 Å². The largest absolute Gasteiger partial charge is 0.496 e. The molecule has 1 atom stereocenters. The van der Waals surface area contributed by atoms with Crippen LogP contribution in [0.2, 0.25) is 0 Å². The number of hydrogen-bond donors (Lipinski definition) is 2. The lowest BCUT2D eigenvalue weighted by Crippen LogP contribution is -2.19. The van der Waals surface area contributed by atoms with Gasteiger partial charge in [0.1, 0.15) is 5.75 Å². The maximum Gasteiger partial charge on any atom is 0.122 e. The van der Waals surface area contributed by atoms with Crippen LogP contribution in [0.25, 0.3) is 0 Å². The average Bonchev–Trinajstić information content (AvgIpc) is 2.29. The fourth-order valence-corrected chi connectivity index (χ4v) is 1.89. The second-order valence-corrected chi connectivity index (χ2v) is 4.11. The van der Waals surface area contributed by atoms with Crippen molar-refractivity contribution in [3.63, 3.8) is 0 Å². The number of nitrogens with one attached hydrogen (secondary N) is 1. The molecule has 0 fully saturated rings. The molecule has 0 aliphatic heterocycles. The minimum Gasteiger partial charge on any atom is -0.496 e. The van der Waals surface area contributed by atoms with Crippen LogP contribution >= 0.6 is 0 Å². The molecule has 0 heterocycles. The summed E-state index contributed by atoms with van der Waals surface area (Å²) in [5.41, 5.74) is 9.80. The molecule has 0 spiro atoms. The van der Waals surface area contributed by atoms with Crippen molar-refractivity contribution < 1.29 is 4.74 Å². The Bertz CT molecular complexity index is 350. The van der Waals surface area contributed by atoms with Crippen LogP contribution in [-0.4, -0.2) is 20.7 Å². The van der Waals surface area contributed by atoms with Crippen molar-refractivity contribution in [2.45, 2.75) is 26.3 Å². The van der Waals surface area contributed by atoms with Gasteiger partial charge >= 0.3 is 0 Å². The number of benzene rings is 1. The van der Waals surface area contributed by atoms with E-state index in [-0.39, 0.29) is 6.04 Å². The third kappa shape index (κ3) is 2.74. The first-order valence-corrected chi connectivity index (χ1v) is 5.66. The highest BCUT2D eigenvalue weighted by atomic mass is 16.5. The number of nitrogens with two attached hydrogens (primary N) is 1. The molecule has 16 heavy (non-hydrogen) atoms. The van der Waals surface area contributed by atoms with Gasteiger partial charge in [0.2, 0.25) is 0 Å². The predicted octanol–water partition coefficient (Wildman–Crippen LogP) is 1.92. The summed E-state index contributed by atoms with van der Waals surface area (Å²) in [6.07, 6.45) is 0.948. The van der Waals surface area contributed by atoms with E-state index in [1.165, 1.54) is 16.7 Å². The molecule has 90 valence electrons. The van der Waals surface area contributed by atoms with E-state index in [4.69, 9.17) is 10.5 Å². The van der Waals surface area contributed by atoms with Gasteiger partial charge in [0, 0.05) is 6.04 Å². The molecular weight excluding hydrogens is 200 g/mol. The maximum atomic E-state index is 6.16. The first-order valence-electron chi connectivity index (χ1n) is 5.66. The highest BCUT2D eigenvalue weighted by molar-refractivity contribution is 5.44. The van der Waals surface area contributed by atoms with E-state index < -0.39 is 0 Å². The van der Waals surface area contributed by atoms with E-state index in [1.807, 2.05) is 13.1 Å². The van der Waals surface area contributed by atoms with Gasteiger partial charge in [-0.3, -0.25) is 0 Å². The zero-order chi connectivity index (χ0) is 12.1. The summed E-state index contributed by atoms with van der Waals surface area (Å²) in [4.78, 5) is 0. The molecule has 0 radical (unpaired) electrons. The second-order valence-electron chi connectivity index (χ2n) is 4.11. The summed E-state index contributed by atoms with van der Waals surface area (Å²) in [5, 5.41) is 3.12. The van der Waals surface area contributed by atoms with Crippen LogP contribution in [0, 0.1) is 13.8 Å². The highest BCUT2D eigenvalue weighted by Gasteiger charge is 2.12. The number of hydrogen-bond acceptors (Lipinski definition) is 3. The summed E-state index contributed by atoms with van der Waals surface area (Å²) in [6, 6.07) is 4.16. The number of ether oxygens (including phenoxy) is 1. The fourth-order valence-electron chi connectivity index (χ4n) is 1.89. The van der Waals surface area contributed by atoms with E-state index in [9.17, 15) is 0 Å². The fraction of sp³-hybridized carbons (Fsp3) is 0.538. The van der Waals surface area contributed by atoms with Gasteiger partial charge in [-0.25, -0.2) is 0 Å². The van der Waals surface area contributed by atoms with Gasteiger partial charge in [-0.15, -0.1) is 0 Å². The van der Waals surface area contributed by atoms with Crippen LogP contribution in [-0.2, 0) is 0 Å². The van der Waals surface area contributed by atoms with Crippen molar-refractivity contribution >= 4 is 0 Å². The Balaban J connectivity index is 2.93. The summed E-state index contributed by atoms with van der Waals surface area (Å²) in [6.45, 7) is 5.11. The Morgan fingerprint density at radius 1 is 1.31 bits per heavy atom. The lowest BCUT2D eigenvalue weighted by atomic mass is 9.95. The van der Waals surface area contributed by atoms with Gasteiger partial charge in [-0.1, -0.05) is 6.07 Å². The molecule has 1 rings (SSSR count). The number of methoxy groups -OCH3 is 1. The molecule has 1 unspecified atom stereocenters. The standard InChI is InChI=1S/C13H22N2O/c1-9-10(2)13(16-4)6-5-11(9)12(14)7-8-15-3/h5-6,12,15H,7-8,14H2,1-4H3. The zero-order valence-electron chi connectivity index (χ0n) is 10.6. The minimum atomic E-state index is 0.0945. The van der Waals surface area contributed by atoms with Gasteiger partial charge in [0.05, 0.1) is 7.11 Å². The molecule has 0 saturated heterocycles. The van der Waals surface area contributed by atoms with Crippen molar-refractivity contribution in [1.82, 2.24) is 5.32 Å². The highest BCUT2D eigenvalue weighted by Crippen LogP contribution is 2.27.